The highest BCUT2D eigenvalue weighted by Crippen LogP contribution is 2.19. The van der Waals surface area contributed by atoms with Crippen LogP contribution in [0.3, 0.4) is 0 Å². The minimum atomic E-state index is -0.796. The van der Waals surface area contributed by atoms with Crippen LogP contribution in [0.15, 0.2) is 42.7 Å². The topological polar surface area (TPSA) is 71.1 Å². The lowest BCUT2D eigenvalue weighted by Gasteiger charge is -2.20. The number of nitrogens with one attached hydrogen (secondary N) is 2. The van der Waals surface area contributed by atoms with Gasteiger partial charge in [0.1, 0.15) is 11.9 Å². The van der Waals surface area contributed by atoms with Crippen molar-refractivity contribution in [3.05, 3.63) is 64.7 Å². The van der Waals surface area contributed by atoms with Gasteiger partial charge in [-0.05, 0) is 36.1 Å². The number of hydrogen-bond acceptors (Lipinski definition) is 3. The lowest BCUT2D eigenvalue weighted by molar-refractivity contribution is -0.123. The Morgan fingerprint density at radius 2 is 2.00 bits per heavy atom. The normalized spacial score (nSPS) is 11.9. The van der Waals surface area contributed by atoms with Crippen LogP contribution in [0.1, 0.15) is 36.2 Å². The van der Waals surface area contributed by atoms with Crippen molar-refractivity contribution < 1.29 is 14.0 Å². The van der Waals surface area contributed by atoms with Crippen molar-refractivity contribution in [3.8, 4) is 0 Å². The molecule has 0 saturated carbocycles. The van der Waals surface area contributed by atoms with Crippen LogP contribution in [-0.2, 0) is 11.3 Å². The van der Waals surface area contributed by atoms with Gasteiger partial charge in [-0.15, -0.1) is 0 Å². The van der Waals surface area contributed by atoms with Gasteiger partial charge >= 0.3 is 0 Å². The van der Waals surface area contributed by atoms with E-state index in [2.05, 4.69) is 15.6 Å². The van der Waals surface area contributed by atoms with Gasteiger partial charge < -0.3 is 10.6 Å². The summed E-state index contributed by atoms with van der Waals surface area (Å²) in [4.78, 5) is 28.9. The Morgan fingerprint density at radius 3 is 2.62 bits per heavy atom. The van der Waals surface area contributed by atoms with Gasteiger partial charge in [-0.1, -0.05) is 37.6 Å². The SMILES string of the molecule is CC(C)C[C@H](NC(=O)c1c(F)cccc1Cl)C(=O)NCc1cccnc1. The maximum absolute atomic E-state index is 13.9. The molecule has 1 aromatic heterocycles. The third-order valence-electron chi connectivity index (χ3n) is 3.71. The smallest absolute Gasteiger partial charge is 0.256 e. The van der Waals surface area contributed by atoms with Crippen LogP contribution in [0.5, 0.6) is 0 Å². The number of rotatable bonds is 7. The summed E-state index contributed by atoms with van der Waals surface area (Å²) < 4.78 is 13.9. The number of hydrogen-bond donors (Lipinski definition) is 2. The molecule has 0 aliphatic carbocycles. The molecule has 138 valence electrons. The van der Waals surface area contributed by atoms with Crippen molar-refractivity contribution in [2.24, 2.45) is 5.92 Å². The number of carbonyl (C=O) groups excluding carboxylic acids is 2. The van der Waals surface area contributed by atoms with Gasteiger partial charge in [0.05, 0.1) is 10.6 Å². The van der Waals surface area contributed by atoms with Crippen LogP contribution in [0.2, 0.25) is 5.02 Å². The average molecular weight is 378 g/mol. The Kier molecular flexibility index (Phi) is 7.09. The second-order valence-electron chi connectivity index (χ2n) is 6.33. The first-order valence-corrected chi connectivity index (χ1v) is 8.67. The van der Waals surface area contributed by atoms with E-state index in [1.807, 2.05) is 19.9 Å². The first-order valence-electron chi connectivity index (χ1n) is 8.30. The van der Waals surface area contributed by atoms with Crippen molar-refractivity contribution >= 4 is 23.4 Å². The van der Waals surface area contributed by atoms with Gasteiger partial charge in [-0.2, -0.15) is 0 Å². The minimum Gasteiger partial charge on any atom is -0.350 e. The van der Waals surface area contributed by atoms with E-state index in [1.165, 1.54) is 12.1 Å². The Labute approximate surface area is 157 Å². The highest BCUT2D eigenvalue weighted by Gasteiger charge is 2.25. The number of benzene rings is 1. The van der Waals surface area contributed by atoms with Gasteiger partial charge in [0.25, 0.3) is 5.91 Å². The third-order valence-corrected chi connectivity index (χ3v) is 4.02. The average Bonchev–Trinajstić information content (AvgIpc) is 2.59. The van der Waals surface area contributed by atoms with E-state index in [1.54, 1.807) is 18.5 Å². The zero-order chi connectivity index (χ0) is 19.1. The fourth-order valence-electron chi connectivity index (χ4n) is 2.46. The molecule has 2 amide bonds. The third kappa shape index (κ3) is 5.52. The largest absolute Gasteiger partial charge is 0.350 e. The molecule has 5 nitrogen and oxygen atoms in total. The van der Waals surface area contributed by atoms with Gasteiger partial charge in [0.15, 0.2) is 0 Å². The van der Waals surface area contributed by atoms with Gasteiger partial charge in [-0.3, -0.25) is 14.6 Å². The van der Waals surface area contributed by atoms with Crippen LogP contribution < -0.4 is 10.6 Å². The highest BCUT2D eigenvalue weighted by atomic mass is 35.5. The zero-order valence-electron chi connectivity index (χ0n) is 14.6. The predicted octanol–water partition coefficient (Wildman–Crippen LogP) is 3.34. The number of nitrogens with zero attached hydrogens (tertiary/aromatic N) is 1. The van der Waals surface area contributed by atoms with Crippen molar-refractivity contribution in [1.29, 1.82) is 0 Å². The molecule has 0 unspecified atom stereocenters. The summed E-state index contributed by atoms with van der Waals surface area (Å²) in [6, 6.07) is 6.81. The van der Waals surface area contributed by atoms with Gasteiger partial charge in [0, 0.05) is 18.9 Å². The Morgan fingerprint density at radius 1 is 1.23 bits per heavy atom. The molecule has 0 radical (unpaired) electrons. The van der Waals surface area contributed by atoms with Crippen LogP contribution in [0.25, 0.3) is 0 Å². The van der Waals surface area contributed by atoms with E-state index in [9.17, 15) is 14.0 Å². The fraction of sp³-hybridized carbons (Fsp3) is 0.316. The monoisotopic (exact) mass is 377 g/mol. The number of aromatic nitrogens is 1. The molecular weight excluding hydrogens is 357 g/mol. The number of carbonyl (C=O) groups is 2. The molecule has 0 aliphatic heterocycles. The molecule has 0 bridgehead atoms. The molecule has 2 aromatic rings. The molecule has 7 heteroatoms. The molecule has 2 rings (SSSR count). The van der Waals surface area contributed by atoms with Crippen LogP contribution in [0, 0.1) is 11.7 Å². The molecule has 1 atom stereocenters. The van der Waals surface area contributed by atoms with Gasteiger partial charge in [0.2, 0.25) is 5.91 Å². The van der Waals surface area contributed by atoms with E-state index in [0.717, 1.165) is 11.6 Å². The Bertz CT molecular complexity index is 748. The van der Waals surface area contributed by atoms with E-state index in [-0.39, 0.29) is 29.0 Å². The first kappa shape index (κ1) is 19.8. The number of pyridine rings is 1. The van der Waals surface area contributed by atoms with E-state index >= 15 is 0 Å². The number of amides is 2. The quantitative estimate of drug-likeness (QED) is 0.777. The molecule has 0 saturated heterocycles. The van der Waals surface area contributed by atoms with E-state index in [0.29, 0.717) is 6.42 Å². The molecule has 0 aliphatic rings. The summed E-state index contributed by atoms with van der Waals surface area (Å²) in [5, 5.41) is 5.36. The standard InChI is InChI=1S/C19H21ClFN3O2/c1-12(2)9-16(18(25)23-11-13-5-4-8-22-10-13)24-19(26)17-14(20)6-3-7-15(17)21/h3-8,10,12,16H,9,11H2,1-2H3,(H,23,25)(H,24,26)/t16-/m0/s1. The zero-order valence-corrected chi connectivity index (χ0v) is 15.4. The second kappa shape index (κ2) is 9.29. The molecular formula is C19H21ClFN3O2. The van der Waals surface area contributed by atoms with Crippen LogP contribution in [-0.4, -0.2) is 22.8 Å². The summed E-state index contributed by atoms with van der Waals surface area (Å²) in [6.45, 7) is 4.16. The van der Waals surface area contributed by atoms with Crippen molar-refractivity contribution in [1.82, 2.24) is 15.6 Å². The Balaban J connectivity index is 2.08. The molecule has 0 spiro atoms. The summed E-state index contributed by atoms with van der Waals surface area (Å²) in [7, 11) is 0. The minimum absolute atomic E-state index is 0.00145. The summed E-state index contributed by atoms with van der Waals surface area (Å²) >= 11 is 5.93. The fourth-order valence-corrected chi connectivity index (χ4v) is 2.71. The van der Waals surface area contributed by atoms with Gasteiger partial charge in [-0.25, -0.2) is 4.39 Å². The van der Waals surface area contributed by atoms with Crippen LogP contribution in [0.4, 0.5) is 4.39 Å². The predicted molar refractivity (Wildman–Crippen MR) is 98.2 cm³/mol. The van der Waals surface area contributed by atoms with E-state index < -0.39 is 17.8 Å². The molecule has 2 N–H and O–H groups in total. The second-order valence-corrected chi connectivity index (χ2v) is 6.74. The highest BCUT2D eigenvalue weighted by molar-refractivity contribution is 6.33. The molecule has 26 heavy (non-hydrogen) atoms. The lowest BCUT2D eigenvalue weighted by Crippen LogP contribution is -2.47. The first-order chi connectivity index (χ1) is 12.4. The van der Waals surface area contributed by atoms with Crippen molar-refractivity contribution in [2.45, 2.75) is 32.9 Å². The maximum Gasteiger partial charge on any atom is 0.256 e. The maximum atomic E-state index is 13.9. The summed E-state index contributed by atoms with van der Waals surface area (Å²) in [5.41, 5.74) is 0.579. The van der Waals surface area contributed by atoms with Crippen LogP contribution >= 0.6 is 11.6 Å². The molecule has 1 heterocycles. The number of halogens is 2. The Hall–Kier alpha value is -2.47. The van der Waals surface area contributed by atoms with E-state index in [4.69, 9.17) is 11.6 Å². The molecule has 1 aromatic carbocycles. The lowest BCUT2D eigenvalue weighted by atomic mass is 10.0. The summed E-state index contributed by atoms with van der Waals surface area (Å²) in [5.74, 6) is -1.63. The van der Waals surface area contributed by atoms with Crippen molar-refractivity contribution in [2.75, 3.05) is 0 Å². The van der Waals surface area contributed by atoms with Crippen molar-refractivity contribution in [3.63, 3.8) is 0 Å². The molecule has 0 fully saturated rings. The summed E-state index contributed by atoms with van der Waals surface area (Å²) in [6.07, 6.45) is 3.71.